The van der Waals surface area contributed by atoms with Crippen molar-refractivity contribution in [3.8, 4) is 0 Å². The maximum Gasteiger partial charge on any atom is 0.272 e. The number of hydrogen-bond acceptors (Lipinski definition) is 4. The monoisotopic (exact) mass is 324 g/mol. The lowest BCUT2D eigenvalue weighted by atomic mass is 10.2. The summed E-state index contributed by atoms with van der Waals surface area (Å²) < 4.78 is 0. The first kappa shape index (κ1) is 16.5. The van der Waals surface area contributed by atoms with E-state index >= 15 is 0 Å². The molecule has 2 aromatic rings. The molecule has 0 bridgehead atoms. The Bertz CT molecular complexity index is 674. The minimum Gasteiger partial charge on any atom is -0.354 e. The zero-order valence-electron chi connectivity index (χ0n) is 14.3. The van der Waals surface area contributed by atoms with E-state index in [0.29, 0.717) is 5.69 Å². The van der Waals surface area contributed by atoms with Crippen molar-refractivity contribution in [1.29, 1.82) is 0 Å². The highest BCUT2D eigenvalue weighted by Gasteiger charge is 2.21. The lowest BCUT2D eigenvalue weighted by Crippen LogP contribution is -2.48. The van der Waals surface area contributed by atoms with Crippen molar-refractivity contribution >= 4 is 17.3 Å². The van der Waals surface area contributed by atoms with Gasteiger partial charge in [0.2, 0.25) is 0 Å². The van der Waals surface area contributed by atoms with Crippen LogP contribution in [0.1, 0.15) is 23.0 Å². The molecule has 3 rings (SSSR count). The maximum absolute atomic E-state index is 12.5. The molecule has 1 aromatic carbocycles. The molecule has 24 heavy (non-hydrogen) atoms. The average Bonchev–Trinajstić information content (AvgIpc) is 2.64. The Labute approximate surface area is 143 Å². The third-order valence-corrected chi connectivity index (χ3v) is 4.43. The van der Waals surface area contributed by atoms with Gasteiger partial charge < -0.3 is 15.1 Å². The van der Waals surface area contributed by atoms with Gasteiger partial charge in [-0.05, 0) is 37.7 Å². The molecule has 1 fully saturated rings. The van der Waals surface area contributed by atoms with Crippen LogP contribution in [0.2, 0.25) is 0 Å². The van der Waals surface area contributed by atoms with E-state index in [0.717, 1.165) is 44.1 Å². The third-order valence-electron chi connectivity index (χ3n) is 4.43. The van der Waals surface area contributed by atoms with Crippen LogP contribution in [0.3, 0.4) is 0 Å². The van der Waals surface area contributed by atoms with Gasteiger partial charge in [0, 0.05) is 31.9 Å². The number of nitrogens with zero attached hydrogens (tertiary/aromatic N) is 3. The van der Waals surface area contributed by atoms with E-state index in [-0.39, 0.29) is 5.91 Å². The lowest BCUT2D eigenvalue weighted by molar-refractivity contribution is 0.0637. The van der Waals surface area contributed by atoms with Gasteiger partial charge in [-0.1, -0.05) is 24.6 Å². The van der Waals surface area contributed by atoms with Crippen LogP contribution in [-0.4, -0.2) is 53.4 Å². The van der Waals surface area contributed by atoms with Gasteiger partial charge >= 0.3 is 0 Å². The zero-order chi connectivity index (χ0) is 16.9. The number of pyridine rings is 1. The molecular formula is C19H24N4O. The van der Waals surface area contributed by atoms with Crippen LogP contribution in [0.5, 0.6) is 0 Å². The van der Waals surface area contributed by atoms with E-state index in [4.69, 9.17) is 0 Å². The molecule has 1 N–H and O–H groups in total. The molecule has 0 unspecified atom stereocenters. The first-order valence-corrected chi connectivity index (χ1v) is 8.47. The standard InChI is InChI=1S/C19H24N4O/c1-3-22-10-12-23(13-11-22)19(24)18-9-8-17(14-20-18)21-16-6-4-15(2)5-7-16/h4-9,14,21H,3,10-13H2,1-2H3. The summed E-state index contributed by atoms with van der Waals surface area (Å²) in [6, 6.07) is 11.9. The summed E-state index contributed by atoms with van der Waals surface area (Å²) >= 11 is 0. The molecule has 1 aromatic heterocycles. The maximum atomic E-state index is 12.5. The summed E-state index contributed by atoms with van der Waals surface area (Å²) in [7, 11) is 0. The molecule has 126 valence electrons. The lowest BCUT2D eigenvalue weighted by Gasteiger charge is -2.33. The number of nitrogens with one attached hydrogen (secondary N) is 1. The van der Waals surface area contributed by atoms with Gasteiger partial charge in [-0.2, -0.15) is 0 Å². The first-order valence-electron chi connectivity index (χ1n) is 8.47. The van der Waals surface area contributed by atoms with Crippen LogP contribution < -0.4 is 5.32 Å². The van der Waals surface area contributed by atoms with Gasteiger partial charge in [-0.3, -0.25) is 4.79 Å². The van der Waals surface area contributed by atoms with Crippen LogP contribution in [0.25, 0.3) is 0 Å². The van der Waals surface area contributed by atoms with Crippen molar-refractivity contribution in [1.82, 2.24) is 14.8 Å². The molecule has 1 amide bonds. The number of aromatic nitrogens is 1. The number of benzene rings is 1. The van der Waals surface area contributed by atoms with Gasteiger partial charge in [0.05, 0.1) is 11.9 Å². The Morgan fingerprint density at radius 3 is 2.29 bits per heavy atom. The SMILES string of the molecule is CCN1CCN(C(=O)c2ccc(Nc3ccc(C)cc3)cn2)CC1. The largest absolute Gasteiger partial charge is 0.354 e. The molecule has 5 heteroatoms. The van der Waals surface area contributed by atoms with Crippen LogP contribution in [0.4, 0.5) is 11.4 Å². The van der Waals surface area contributed by atoms with Gasteiger partial charge in [-0.25, -0.2) is 4.98 Å². The highest BCUT2D eigenvalue weighted by Crippen LogP contribution is 2.17. The minimum absolute atomic E-state index is 0.0210. The molecule has 1 saturated heterocycles. The summed E-state index contributed by atoms with van der Waals surface area (Å²) in [4.78, 5) is 21.1. The summed E-state index contributed by atoms with van der Waals surface area (Å²) in [5, 5.41) is 3.30. The average molecular weight is 324 g/mol. The van der Waals surface area contributed by atoms with E-state index in [1.807, 2.05) is 23.1 Å². The molecule has 0 spiro atoms. The summed E-state index contributed by atoms with van der Waals surface area (Å²) in [5.41, 5.74) is 3.63. The van der Waals surface area contributed by atoms with Gasteiger partial charge in [-0.15, -0.1) is 0 Å². The van der Waals surface area contributed by atoms with E-state index < -0.39 is 0 Å². The number of carbonyl (C=O) groups excluding carboxylic acids is 1. The summed E-state index contributed by atoms with van der Waals surface area (Å²) in [6.07, 6.45) is 1.72. The number of aryl methyl sites for hydroxylation is 1. The molecule has 2 heterocycles. The molecule has 0 atom stereocenters. The van der Waals surface area contributed by atoms with Crippen molar-refractivity contribution in [3.05, 3.63) is 53.9 Å². The Kier molecular flexibility index (Phi) is 5.11. The van der Waals surface area contributed by atoms with E-state index in [1.54, 1.807) is 12.3 Å². The Morgan fingerprint density at radius 1 is 1.04 bits per heavy atom. The van der Waals surface area contributed by atoms with Crippen LogP contribution in [-0.2, 0) is 0 Å². The van der Waals surface area contributed by atoms with Crippen LogP contribution >= 0.6 is 0 Å². The molecule has 0 radical (unpaired) electrons. The summed E-state index contributed by atoms with van der Waals surface area (Å²) in [6.45, 7) is 8.69. The predicted octanol–water partition coefficient (Wildman–Crippen LogP) is 2.91. The number of rotatable bonds is 4. The Balaban J connectivity index is 1.61. The third kappa shape index (κ3) is 3.92. The fourth-order valence-electron chi connectivity index (χ4n) is 2.83. The van der Waals surface area contributed by atoms with E-state index in [9.17, 15) is 4.79 Å². The van der Waals surface area contributed by atoms with Crippen molar-refractivity contribution < 1.29 is 4.79 Å². The smallest absolute Gasteiger partial charge is 0.272 e. The van der Waals surface area contributed by atoms with Gasteiger partial charge in [0.15, 0.2) is 0 Å². The number of carbonyl (C=O) groups is 1. The van der Waals surface area contributed by atoms with Gasteiger partial charge in [0.1, 0.15) is 5.69 Å². The van der Waals surface area contributed by atoms with Crippen LogP contribution in [0, 0.1) is 6.92 Å². The molecule has 5 nitrogen and oxygen atoms in total. The molecule has 0 saturated carbocycles. The quantitative estimate of drug-likeness (QED) is 0.939. The fraction of sp³-hybridized carbons (Fsp3) is 0.368. The number of piperazine rings is 1. The van der Waals surface area contributed by atoms with E-state index in [1.165, 1.54) is 5.56 Å². The predicted molar refractivity (Wildman–Crippen MR) is 96.7 cm³/mol. The highest BCUT2D eigenvalue weighted by molar-refractivity contribution is 5.92. The van der Waals surface area contributed by atoms with Crippen LogP contribution in [0.15, 0.2) is 42.6 Å². The second kappa shape index (κ2) is 7.45. The molecule has 1 aliphatic heterocycles. The number of hydrogen-bond donors (Lipinski definition) is 1. The van der Waals surface area contributed by atoms with Gasteiger partial charge in [0.25, 0.3) is 5.91 Å². The van der Waals surface area contributed by atoms with Crippen molar-refractivity contribution in [2.75, 3.05) is 38.0 Å². The number of anilines is 2. The molecular weight excluding hydrogens is 300 g/mol. The van der Waals surface area contributed by atoms with Crippen molar-refractivity contribution in [3.63, 3.8) is 0 Å². The fourth-order valence-corrected chi connectivity index (χ4v) is 2.83. The molecule has 0 aliphatic carbocycles. The summed E-state index contributed by atoms with van der Waals surface area (Å²) in [5.74, 6) is 0.0210. The Morgan fingerprint density at radius 2 is 1.71 bits per heavy atom. The topological polar surface area (TPSA) is 48.5 Å². The van der Waals surface area contributed by atoms with E-state index in [2.05, 4.69) is 41.2 Å². The second-order valence-corrected chi connectivity index (χ2v) is 6.15. The first-order chi connectivity index (χ1) is 11.7. The van der Waals surface area contributed by atoms with Crippen molar-refractivity contribution in [2.45, 2.75) is 13.8 Å². The highest BCUT2D eigenvalue weighted by atomic mass is 16.2. The number of likely N-dealkylation sites (N-methyl/N-ethyl adjacent to an activating group) is 1. The normalized spacial score (nSPS) is 15.3. The second-order valence-electron chi connectivity index (χ2n) is 6.15. The van der Waals surface area contributed by atoms with Crippen molar-refractivity contribution in [2.24, 2.45) is 0 Å². The number of amides is 1. The Hall–Kier alpha value is -2.40. The minimum atomic E-state index is 0.0210. The molecule has 1 aliphatic rings. The zero-order valence-corrected chi connectivity index (χ0v) is 14.3.